The van der Waals surface area contributed by atoms with Gasteiger partial charge in [0, 0.05) is 37.1 Å². The number of rotatable bonds is 8. The number of aryl methyl sites for hydroxylation is 1. The Bertz CT molecular complexity index is 521. The van der Waals surface area contributed by atoms with Gasteiger partial charge in [0.15, 0.2) is 0 Å². The first-order chi connectivity index (χ1) is 10.2. The second kappa shape index (κ2) is 7.93. The van der Waals surface area contributed by atoms with E-state index in [4.69, 9.17) is 0 Å². The van der Waals surface area contributed by atoms with Crippen molar-refractivity contribution in [2.75, 3.05) is 7.05 Å². The summed E-state index contributed by atoms with van der Waals surface area (Å²) in [5, 5.41) is 8.09. The van der Waals surface area contributed by atoms with Crippen LogP contribution in [0.3, 0.4) is 0 Å². The Morgan fingerprint density at radius 2 is 2.19 bits per heavy atom. The summed E-state index contributed by atoms with van der Waals surface area (Å²) >= 11 is 0. The highest BCUT2D eigenvalue weighted by atomic mass is 15.3. The summed E-state index contributed by atoms with van der Waals surface area (Å²) in [6, 6.07) is 7.20. The van der Waals surface area contributed by atoms with Gasteiger partial charge < -0.3 is 5.32 Å². The molecule has 2 heterocycles. The first-order valence-electron chi connectivity index (χ1n) is 7.83. The highest BCUT2D eigenvalue weighted by Gasteiger charge is 2.11. The van der Waals surface area contributed by atoms with E-state index >= 15 is 0 Å². The molecule has 4 nitrogen and oxygen atoms in total. The molecule has 0 aromatic carbocycles. The average molecular weight is 286 g/mol. The van der Waals surface area contributed by atoms with E-state index in [0.29, 0.717) is 12.1 Å². The largest absolute Gasteiger partial charge is 0.317 e. The topological polar surface area (TPSA) is 42.7 Å². The Morgan fingerprint density at radius 1 is 1.33 bits per heavy atom. The van der Waals surface area contributed by atoms with Crippen molar-refractivity contribution in [3.05, 3.63) is 48.0 Å². The fourth-order valence-corrected chi connectivity index (χ4v) is 2.41. The highest BCUT2D eigenvalue weighted by molar-refractivity contribution is 5.09. The fourth-order valence-electron chi connectivity index (χ4n) is 2.41. The summed E-state index contributed by atoms with van der Waals surface area (Å²) in [4.78, 5) is 4.17. The van der Waals surface area contributed by atoms with Crippen molar-refractivity contribution in [2.45, 2.75) is 51.6 Å². The van der Waals surface area contributed by atoms with E-state index < -0.39 is 0 Å². The van der Waals surface area contributed by atoms with E-state index in [1.54, 1.807) is 0 Å². The molecule has 0 fully saturated rings. The number of nitrogens with zero attached hydrogens (tertiary/aromatic N) is 3. The lowest BCUT2D eigenvalue weighted by atomic mass is 10.0. The van der Waals surface area contributed by atoms with Crippen LogP contribution in [0, 0.1) is 0 Å². The Kier molecular flexibility index (Phi) is 5.93. The zero-order valence-electron chi connectivity index (χ0n) is 13.3. The van der Waals surface area contributed by atoms with Gasteiger partial charge in [-0.2, -0.15) is 5.10 Å². The molecule has 0 bridgehead atoms. The van der Waals surface area contributed by atoms with Crippen LogP contribution in [0.25, 0.3) is 0 Å². The molecule has 2 rings (SSSR count). The maximum absolute atomic E-state index is 4.69. The van der Waals surface area contributed by atoms with Crippen molar-refractivity contribution in [2.24, 2.45) is 0 Å². The lowest BCUT2D eigenvalue weighted by Crippen LogP contribution is -2.28. The molecule has 2 aromatic rings. The van der Waals surface area contributed by atoms with Crippen LogP contribution in [-0.4, -0.2) is 27.9 Å². The summed E-state index contributed by atoms with van der Waals surface area (Å²) in [6.07, 6.45) is 10.1. The SMILES string of the molecule is CCC(C)n1ccc(CC(CCc2cccnc2)NC)n1. The predicted octanol–water partition coefficient (Wildman–Crippen LogP) is 3.01. The van der Waals surface area contributed by atoms with Crippen LogP contribution in [0.5, 0.6) is 0 Å². The third-order valence-corrected chi connectivity index (χ3v) is 4.07. The minimum Gasteiger partial charge on any atom is -0.317 e. The molecule has 0 saturated carbocycles. The van der Waals surface area contributed by atoms with Crippen molar-refractivity contribution in [3.63, 3.8) is 0 Å². The van der Waals surface area contributed by atoms with E-state index in [1.165, 1.54) is 11.3 Å². The molecule has 0 radical (unpaired) electrons. The Hall–Kier alpha value is -1.68. The van der Waals surface area contributed by atoms with Crippen molar-refractivity contribution in [1.82, 2.24) is 20.1 Å². The molecule has 2 atom stereocenters. The van der Waals surface area contributed by atoms with Gasteiger partial charge in [0.2, 0.25) is 0 Å². The molecule has 0 saturated heterocycles. The van der Waals surface area contributed by atoms with Crippen LogP contribution in [-0.2, 0) is 12.8 Å². The molecule has 2 unspecified atom stereocenters. The number of nitrogens with one attached hydrogen (secondary N) is 1. The molecule has 2 aromatic heterocycles. The second-order valence-electron chi connectivity index (χ2n) is 5.63. The number of aromatic nitrogens is 3. The molecule has 0 spiro atoms. The first-order valence-corrected chi connectivity index (χ1v) is 7.83. The number of likely N-dealkylation sites (N-methyl/N-ethyl adjacent to an activating group) is 1. The van der Waals surface area contributed by atoms with Gasteiger partial charge in [-0.05, 0) is 50.9 Å². The van der Waals surface area contributed by atoms with Crippen molar-refractivity contribution in [3.8, 4) is 0 Å². The van der Waals surface area contributed by atoms with Gasteiger partial charge in [-0.1, -0.05) is 13.0 Å². The summed E-state index contributed by atoms with van der Waals surface area (Å²) < 4.78 is 2.07. The number of hydrogen-bond acceptors (Lipinski definition) is 3. The molecule has 0 aliphatic heterocycles. The molecular weight excluding hydrogens is 260 g/mol. The standard InChI is InChI=1S/C17H26N4/c1-4-14(2)21-11-9-17(20-21)12-16(18-3)8-7-15-6-5-10-19-13-15/h5-6,9-11,13-14,16,18H,4,7-8,12H2,1-3H3. The zero-order chi connectivity index (χ0) is 15.1. The maximum Gasteiger partial charge on any atom is 0.0640 e. The lowest BCUT2D eigenvalue weighted by molar-refractivity contribution is 0.463. The van der Waals surface area contributed by atoms with Gasteiger partial charge in [-0.25, -0.2) is 0 Å². The van der Waals surface area contributed by atoms with Crippen LogP contribution in [0.1, 0.15) is 44.0 Å². The molecule has 114 valence electrons. The smallest absolute Gasteiger partial charge is 0.0640 e. The van der Waals surface area contributed by atoms with Crippen LogP contribution in [0.15, 0.2) is 36.8 Å². The summed E-state index contributed by atoms with van der Waals surface area (Å²) in [7, 11) is 2.03. The highest BCUT2D eigenvalue weighted by Crippen LogP contribution is 2.12. The van der Waals surface area contributed by atoms with E-state index in [0.717, 1.165) is 25.7 Å². The normalized spacial score (nSPS) is 14.0. The van der Waals surface area contributed by atoms with E-state index in [2.05, 4.69) is 52.3 Å². The predicted molar refractivity (Wildman–Crippen MR) is 86.3 cm³/mol. The van der Waals surface area contributed by atoms with Gasteiger partial charge >= 0.3 is 0 Å². The third kappa shape index (κ3) is 4.67. The lowest BCUT2D eigenvalue weighted by Gasteiger charge is -2.15. The molecule has 4 heteroatoms. The molecule has 0 aliphatic rings. The van der Waals surface area contributed by atoms with Crippen LogP contribution < -0.4 is 5.32 Å². The number of hydrogen-bond donors (Lipinski definition) is 1. The van der Waals surface area contributed by atoms with Gasteiger partial charge in [0.1, 0.15) is 0 Å². The van der Waals surface area contributed by atoms with Gasteiger partial charge in [0.05, 0.1) is 5.69 Å². The van der Waals surface area contributed by atoms with Gasteiger partial charge in [0.25, 0.3) is 0 Å². The second-order valence-corrected chi connectivity index (χ2v) is 5.63. The van der Waals surface area contributed by atoms with Crippen molar-refractivity contribution in [1.29, 1.82) is 0 Å². The Morgan fingerprint density at radius 3 is 2.86 bits per heavy atom. The van der Waals surface area contributed by atoms with Crippen molar-refractivity contribution >= 4 is 0 Å². The Labute approximate surface area is 127 Å². The van der Waals surface area contributed by atoms with Crippen LogP contribution in [0.2, 0.25) is 0 Å². The van der Waals surface area contributed by atoms with Gasteiger partial charge in [-0.15, -0.1) is 0 Å². The third-order valence-electron chi connectivity index (χ3n) is 4.07. The monoisotopic (exact) mass is 286 g/mol. The first kappa shape index (κ1) is 15.7. The molecule has 0 aliphatic carbocycles. The van der Waals surface area contributed by atoms with Crippen LogP contribution in [0.4, 0.5) is 0 Å². The van der Waals surface area contributed by atoms with Crippen LogP contribution >= 0.6 is 0 Å². The summed E-state index contributed by atoms with van der Waals surface area (Å²) in [5.41, 5.74) is 2.46. The number of pyridine rings is 1. The van der Waals surface area contributed by atoms with Crippen molar-refractivity contribution < 1.29 is 0 Å². The molecular formula is C17H26N4. The summed E-state index contributed by atoms with van der Waals surface area (Å²) in [6.45, 7) is 4.39. The molecule has 0 amide bonds. The van der Waals surface area contributed by atoms with E-state index in [1.807, 2.05) is 25.5 Å². The minimum atomic E-state index is 0.450. The quantitative estimate of drug-likeness (QED) is 0.811. The summed E-state index contributed by atoms with van der Waals surface area (Å²) in [5.74, 6) is 0. The van der Waals surface area contributed by atoms with E-state index in [-0.39, 0.29) is 0 Å². The molecule has 21 heavy (non-hydrogen) atoms. The van der Waals surface area contributed by atoms with E-state index in [9.17, 15) is 0 Å². The Balaban J connectivity index is 1.88. The maximum atomic E-state index is 4.69. The zero-order valence-corrected chi connectivity index (χ0v) is 13.3. The average Bonchev–Trinajstić information content (AvgIpc) is 3.00. The molecule has 1 N–H and O–H groups in total. The minimum absolute atomic E-state index is 0.450. The van der Waals surface area contributed by atoms with Gasteiger partial charge in [-0.3, -0.25) is 9.67 Å². The fraction of sp³-hybridized carbons (Fsp3) is 0.529.